The summed E-state index contributed by atoms with van der Waals surface area (Å²) in [6.45, 7) is 21.2. The van der Waals surface area contributed by atoms with E-state index in [-0.39, 0.29) is 0 Å². The summed E-state index contributed by atoms with van der Waals surface area (Å²) in [5, 5.41) is 0. The maximum absolute atomic E-state index is 2.83. The number of hydrogen-bond donors (Lipinski definition) is 0. The zero-order valence-electron chi connectivity index (χ0n) is 21.6. The van der Waals surface area contributed by atoms with E-state index in [1.165, 1.54) is 70.6 Å². The quantitative estimate of drug-likeness (QED) is 0.349. The molecule has 5 aliphatic rings. The Morgan fingerprint density at radius 3 is 2.00 bits per heavy atom. The molecule has 30 heavy (non-hydrogen) atoms. The van der Waals surface area contributed by atoms with E-state index in [1.807, 2.05) is 5.57 Å². The smallest absolute Gasteiger partial charge is 0.00770 e. The first-order chi connectivity index (χ1) is 13.8. The van der Waals surface area contributed by atoms with E-state index in [1.54, 1.807) is 0 Å². The summed E-state index contributed by atoms with van der Waals surface area (Å²) in [6, 6.07) is 0. The maximum atomic E-state index is 2.83. The van der Waals surface area contributed by atoms with Gasteiger partial charge in [0.05, 0.1) is 0 Å². The van der Waals surface area contributed by atoms with Crippen molar-refractivity contribution >= 4 is 0 Å². The van der Waals surface area contributed by atoms with Crippen molar-refractivity contribution in [3.63, 3.8) is 0 Å². The van der Waals surface area contributed by atoms with Crippen LogP contribution in [0.15, 0.2) is 11.6 Å². The molecule has 0 heteroatoms. The van der Waals surface area contributed by atoms with E-state index in [0.29, 0.717) is 32.5 Å². The van der Waals surface area contributed by atoms with Gasteiger partial charge in [0.15, 0.2) is 0 Å². The molecule has 170 valence electrons. The largest absolute Gasteiger partial charge is 0.0837 e. The summed E-state index contributed by atoms with van der Waals surface area (Å²) < 4.78 is 0. The normalized spacial score (nSPS) is 54.1. The van der Waals surface area contributed by atoms with Crippen molar-refractivity contribution in [2.75, 3.05) is 0 Å². The van der Waals surface area contributed by atoms with E-state index in [2.05, 4.69) is 61.5 Å². The van der Waals surface area contributed by atoms with Gasteiger partial charge in [0.1, 0.15) is 0 Å². The Morgan fingerprint density at radius 2 is 1.30 bits per heavy atom. The van der Waals surface area contributed by atoms with Gasteiger partial charge in [0.25, 0.3) is 0 Å². The lowest BCUT2D eigenvalue weighted by atomic mass is 9.35. The average Bonchev–Trinajstić information content (AvgIpc) is 2.61. The maximum Gasteiger partial charge on any atom is -0.00770 e. The molecular formula is C30H50. The van der Waals surface area contributed by atoms with E-state index in [9.17, 15) is 0 Å². The van der Waals surface area contributed by atoms with Gasteiger partial charge in [-0.05, 0) is 114 Å². The fourth-order valence-corrected chi connectivity index (χ4v) is 11.0. The fraction of sp³-hybridized carbons (Fsp3) is 0.933. The molecule has 7 unspecified atom stereocenters. The third kappa shape index (κ3) is 2.70. The molecular weight excluding hydrogens is 360 g/mol. The second-order valence-corrected chi connectivity index (χ2v) is 15.3. The minimum Gasteiger partial charge on any atom is -0.0837 e. The molecule has 0 bridgehead atoms. The van der Waals surface area contributed by atoms with Crippen LogP contribution >= 0.6 is 0 Å². The number of allylic oxidation sites excluding steroid dienone is 2. The van der Waals surface area contributed by atoms with Crippen LogP contribution in [0.1, 0.15) is 126 Å². The second kappa shape index (κ2) is 6.20. The summed E-state index contributed by atoms with van der Waals surface area (Å²) in [7, 11) is 0. The zero-order valence-corrected chi connectivity index (χ0v) is 21.6. The van der Waals surface area contributed by atoms with Crippen LogP contribution in [0.2, 0.25) is 0 Å². The third-order valence-corrected chi connectivity index (χ3v) is 12.5. The third-order valence-electron chi connectivity index (χ3n) is 12.5. The van der Waals surface area contributed by atoms with Crippen molar-refractivity contribution in [1.82, 2.24) is 0 Å². The van der Waals surface area contributed by atoms with Gasteiger partial charge in [-0.15, -0.1) is 0 Å². The molecule has 0 aromatic carbocycles. The summed E-state index contributed by atoms with van der Waals surface area (Å²) in [5.41, 5.74) is 5.02. The predicted octanol–water partition coefficient (Wildman–Crippen LogP) is 9.20. The minimum absolute atomic E-state index is 0.448. The molecule has 0 nitrogen and oxygen atoms in total. The molecule has 0 amide bonds. The number of hydrogen-bond acceptors (Lipinski definition) is 0. The van der Waals surface area contributed by atoms with Crippen molar-refractivity contribution in [2.24, 2.45) is 50.2 Å². The Morgan fingerprint density at radius 1 is 0.667 bits per heavy atom. The Balaban J connectivity index is 1.56. The van der Waals surface area contributed by atoms with Gasteiger partial charge < -0.3 is 0 Å². The van der Waals surface area contributed by atoms with Gasteiger partial charge in [-0.25, -0.2) is 0 Å². The lowest BCUT2D eigenvalue weighted by molar-refractivity contribution is -0.155. The first-order valence-corrected chi connectivity index (χ1v) is 13.5. The van der Waals surface area contributed by atoms with Crippen LogP contribution in [-0.4, -0.2) is 0 Å². The molecule has 0 aromatic rings. The summed E-state index contributed by atoms with van der Waals surface area (Å²) in [5.74, 6) is 2.73. The fourth-order valence-electron chi connectivity index (χ4n) is 11.0. The Bertz CT molecular complexity index is 754. The van der Waals surface area contributed by atoms with Gasteiger partial charge in [-0.2, -0.15) is 0 Å². The lowest BCUT2D eigenvalue weighted by Crippen LogP contribution is -2.61. The van der Waals surface area contributed by atoms with E-state index in [4.69, 9.17) is 0 Å². The highest BCUT2D eigenvalue weighted by atomic mass is 14.7. The zero-order chi connectivity index (χ0) is 21.8. The molecule has 0 saturated heterocycles. The van der Waals surface area contributed by atoms with Crippen LogP contribution in [0.4, 0.5) is 0 Å². The molecule has 5 aliphatic carbocycles. The monoisotopic (exact) mass is 410 g/mol. The predicted molar refractivity (Wildman–Crippen MR) is 129 cm³/mol. The SMILES string of the molecule is CC1(C)CCC2(C)CC=C3C(C)(CCC4C3(C)CCC3C(C)(C)CCCC34C)C2C1. The molecule has 0 heterocycles. The molecule has 0 aliphatic heterocycles. The average molecular weight is 411 g/mol. The lowest BCUT2D eigenvalue weighted by Gasteiger charge is -2.70. The molecule has 0 radical (unpaired) electrons. The summed E-state index contributed by atoms with van der Waals surface area (Å²) in [4.78, 5) is 0. The molecule has 0 N–H and O–H groups in total. The Labute approximate surface area is 188 Å². The minimum atomic E-state index is 0.448. The number of rotatable bonds is 0. The first-order valence-electron chi connectivity index (χ1n) is 13.5. The molecule has 0 spiro atoms. The van der Waals surface area contributed by atoms with Gasteiger partial charge in [0, 0.05) is 0 Å². The summed E-state index contributed by atoms with van der Waals surface area (Å²) in [6.07, 6.45) is 18.8. The topological polar surface area (TPSA) is 0 Å². The molecule has 5 rings (SSSR count). The highest BCUT2D eigenvalue weighted by molar-refractivity contribution is 5.34. The van der Waals surface area contributed by atoms with Crippen molar-refractivity contribution in [3.8, 4) is 0 Å². The van der Waals surface area contributed by atoms with Crippen LogP contribution in [0.5, 0.6) is 0 Å². The molecule has 7 atom stereocenters. The standard InChI is InChI=1S/C30H50/c1-25(2)18-19-27(5)15-10-22-29(7)16-11-21-26(3,4)13-9-14-28(21,6)23(29)12-17-30(22,8)24(27)20-25/h10,21,23-24H,9,11-20H2,1-8H3. The van der Waals surface area contributed by atoms with Crippen LogP contribution in [-0.2, 0) is 0 Å². The van der Waals surface area contributed by atoms with Crippen LogP contribution in [0.25, 0.3) is 0 Å². The van der Waals surface area contributed by atoms with Crippen molar-refractivity contribution in [2.45, 2.75) is 126 Å². The van der Waals surface area contributed by atoms with Crippen molar-refractivity contribution in [1.29, 1.82) is 0 Å². The highest BCUT2D eigenvalue weighted by Gasteiger charge is 2.65. The van der Waals surface area contributed by atoms with E-state index >= 15 is 0 Å². The van der Waals surface area contributed by atoms with Crippen LogP contribution < -0.4 is 0 Å². The summed E-state index contributed by atoms with van der Waals surface area (Å²) >= 11 is 0. The van der Waals surface area contributed by atoms with Gasteiger partial charge in [-0.1, -0.05) is 73.5 Å². The van der Waals surface area contributed by atoms with Gasteiger partial charge in [-0.3, -0.25) is 0 Å². The van der Waals surface area contributed by atoms with Gasteiger partial charge >= 0.3 is 0 Å². The number of fused-ring (bicyclic) bond motifs is 7. The molecule has 4 saturated carbocycles. The van der Waals surface area contributed by atoms with E-state index < -0.39 is 0 Å². The highest BCUT2D eigenvalue weighted by Crippen LogP contribution is 2.74. The van der Waals surface area contributed by atoms with Crippen molar-refractivity contribution in [3.05, 3.63) is 11.6 Å². The van der Waals surface area contributed by atoms with Crippen molar-refractivity contribution < 1.29 is 0 Å². The van der Waals surface area contributed by atoms with Gasteiger partial charge in [0.2, 0.25) is 0 Å². The molecule has 0 aromatic heterocycles. The Kier molecular flexibility index (Phi) is 4.46. The molecule has 4 fully saturated rings. The van der Waals surface area contributed by atoms with Crippen LogP contribution in [0, 0.1) is 50.2 Å². The first kappa shape index (κ1) is 21.6. The second-order valence-electron chi connectivity index (χ2n) is 15.3. The Hall–Kier alpha value is -0.260. The van der Waals surface area contributed by atoms with E-state index in [0.717, 1.165) is 17.8 Å². The van der Waals surface area contributed by atoms with Crippen LogP contribution in [0.3, 0.4) is 0 Å².